The van der Waals surface area contributed by atoms with Crippen LogP contribution in [-0.4, -0.2) is 29.3 Å². The number of hydrogen-bond donors (Lipinski definition) is 2. The molecule has 0 aliphatic heterocycles. The maximum Gasteiger partial charge on any atom is 0.407 e. The van der Waals surface area contributed by atoms with Crippen molar-refractivity contribution >= 4 is 12.1 Å². The van der Waals surface area contributed by atoms with Gasteiger partial charge in [-0.1, -0.05) is 20.8 Å². The molecule has 1 amide bonds. The highest BCUT2D eigenvalue weighted by Crippen LogP contribution is 2.20. The number of aliphatic carboxylic acids is 1. The Bertz CT molecular complexity index is 309. The molecule has 0 saturated carbocycles. The van der Waals surface area contributed by atoms with Crippen LogP contribution >= 0.6 is 0 Å². The lowest BCUT2D eigenvalue weighted by molar-refractivity contribution is -0.142. The number of carbonyl (C=O) groups excluding carboxylic acids is 1. The number of hydrogen-bond acceptors (Lipinski definition) is 3. The summed E-state index contributed by atoms with van der Waals surface area (Å²) >= 11 is 0. The largest absolute Gasteiger partial charge is 0.481 e. The van der Waals surface area contributed by atoms with Gasteiger partial charge in [0.15, 0.2) is 0 Å². The summed E-state index contributed by atoms with van der Waals surface area (Å²) in [7, 11) is 0. The molecule has 19 heavy (non-hydrogen) atoms. The van der Waals surface area contributed by atoms with Gasteiger partial charge in [0.1, 0.15) is 5.60 Å². The second-order valence-corrected chi connectivity index (χ2v) is 6.33. The summed E-state index contributed by atoms with van der Waals surface area (Å²) in [5.74, 6) is -0.860. The zero-order valence-corrected chi connectivity index (χ0v) is 12.8. The van der Waals surface area contributed by atoms with E-state index in [9.17, 15) is 9.59 Å². The van der Waals surface area contributed by atoms with E-state index in [0.29, 0.717) is 6.54 Å². The number of carboxylic acid groups (broad SMARTS) is 1. The van der Waals surface area contributed by atoms with Crippen molar-refractivity contribution in [3.8, 4) is 0 Å². The second-order valence-electron chi connectivity index (χ2n) is 6.33. The monoisotopic (exact) mass is 273 g/mol. The number of nitrogens with one attached hydrogen (secondary N) is 1. The van der Waals surface area contributed by atoms with E-state index in [-0.39, 0.29) is 17.8 Å². The highest BCUT2D eigenvalue weighted by atomic mass is 16.6. The molecule has 0 bridgehead atoms. The van der Waals surface area contributed by atoms with Crippen molar-refractivity contribution < 1.29 is 19.4 Å². The Kier molecular flexibility index (Phi) is 6.87. The van der Waals surface area contributed by atoms with Crippen molar-refractivity contribution in [2.24, 2.45) is 17.8 Å². The van der Waals surface area contributed by atoms with Crippen LogP contribution in [0.25, 0.3) is 0 Å². The van der Waals surface area contributed by atoms with Crippen LogP contribution in [0, 0.1) is 17.8 Å². The van der Waals surface area contributed by atoms with Gasteiger partial charge in [-0.2, -0.15) is 0 Å². The fourth-order valence-electron chi connectivity index (χ4n) is 1.74. The molecular formula is C14H27NO4. The minimum atomic E-state index is -0.778. The van der Waals surface area contributed by atoms with Gasteiger partial charge in [0, 0.05) is 6.54 Å². The molecule has 0 heterocycles. The average molecular weight is 273 g/mol. The van der Waals surface area contributed by atoms with Crippen molar-refractivity contribution in [3.63, 3.8) is 0 Å². The summed E-state index contributed by atoms with van der Waals surface area (Å²) in [4.78, 5) is 22.3. The van der Waals surface area contributed by atoms with E-state index in [0.717, 1.165) is 6.42 Å². The molecule has 0 rings (SSSR count). The van der Waals surface area contributed by atoms with Crippen molar-refractivity contribution in [3.05, 3.63) is 0 Å². The highest BCUT2D eigenvalue weighted by molar-refractivity contribution is 5.69. The van der Waals surface area contributed by atoms with E-state index >= 15 is 0 Å². The summed E-state index contributed by atoms with van der Waals surface area (Å²) in [6, 6.07) is 0. The fourth-order valence-corrected chi connectivity index (χ4v) is 1.74. The zero-order valence-electron chi connectivity index (χ0n) is 12.8. The molecule has 0 aliphatic rings. The van der Waals surface area contributed by atoms with Crippen molar-refractivity contribution in [2.45, 2.75) is 53.6 Å². The zero-order chi connectivity index (χ0) is 15.2. The van der Waals surface area contributed by atoms with E-state index in [1.165, 1.54) is 0 Å². The molecule has 0 fully saturated rings. The Balaban J connectivity index is 4.02. The SMILES string of the molecule is CC(CNC(=O)OC(C)(C)C)CC(C)C(C)C(=O)O. The first-order chi connectivity index (χ1) is 8.53. The predicted octanol–water partition coefficient (Wildman–Crippen LogP) is 2.89. The van der Waals surface area contributed by atoms with Gasteiger partial charge in [-0.3, -0.25) is 4.79 Å². The molecule has 0 radical (unpaired) electrons. The van der Waals surface area contributed by atoms with E-state index in [2.05, 4.69) is 5.32 Å². The van der Waals surface area contributed by atoms with Crippen molar-refractivity contribution in [2.75, 3.05) is 6.54 Å². The van der Waals surface area contributed by atoms with Crippen LogP contribution in [0.5, 0.6) is 0 Å². The summed E-state index contributed by atoms with van der Waals surface area (Å²) in [5, 5.41) is 11.6. The predicted molar refractivity (Wildman–Crippen MR) is 74.0 cm³/mol. The maximum absolute atomic E-state index is 11.5. The number of amides is 1. The molecule has 5 nitrogen and oxygen atoms in total. The van der Waals surface area contributed by atoms with Gasteiger partial charge in [0.2, 0.25) is 0 Å². The first-order valence-electron chi connectivity index (χ1n) is 6.72. The van der Waals surface area contributed by atoms with Gasteiger partial charge in [-0.05, 0) is 39.0 Å². The Morgan fingerprint density at radius 2 is 1.74 bits per heavy atom. The van der Waals surface area contributed by atoms with Gasteiger partial charge >= 0.3 is 12.1 Å². The van der Waals surface area contributed by atoms with Crippen LogP contribution in [0.2, 0.25) is 0 Å². The molecule has 0 saturated heterocycles. The summed E-state index contributed by atoms with van der Waals surface area (Å²) in [6.07, 6.45) is 0.321. The van der Waals surface area contributed by atoms with E-state index in [1.807, 2.05) is 34.6 Å². The topological polar surface area (TPSA) is 75.6 Å². The smallest absolute Gasteiger partial charge is 0.407 e. The summed E-state index contributed by atoms with van der Waals surface area (Å²) < 4.78 is 5.13. The van der Waals surface area contributed by atoms with Crippen LogP contribution in [0.1, 0.15) is 48.0 Å². The van der Waals surface area contributed by atoms with Crippen LogP contribution in [0.3, 0.4) is 0 Å². The van der Waals surface area contributed by atoms with Crippen molar-refractivity contribution in [1.29, 1.82) is 0 Å². The minimum absolute atomic E-state index is 0.0768. The van der Waals surface area contributed by atoms with Crippen LogP contribution in [-0.2, 0) is 9.53 Å². The molecule has 0 spiro atoms. The maximum atomic E-state index is 11.5. The lowest BCUT2D eigenvalue weighted by Crippen LogP contribution is -2.35. The Hall–Kier alpha value is -1.26. The fraction of sp³-hybridized carbons (Fsp3) is 0.857. The number of alkyl carbamates (subject to hydrolysis) is 1. The lowest BCUT2D eigenvalue weighted by Gasteiger charge is -2.23. The molecule has 3 atom stereocenters. The number of ether oxygens (including phenoxy) is 1. The number of carbonyl (C=O) groups is 2. The average Bonchev–Trinajstić information content (AvgIpc) is 2.22. The third kappa shape index (κ3) is 8.46. The Morgan fingerprint density at radius 3 is 2.16 bits per heavy atom. The van der Waals surface area contributed by atoms with Crippen LogP contribution < -0.4 is 5.32 Å². The summed E-state index contributed by atoms with van der Waals surface area (Å²) in [5.41, 5.74) is -0.502. The minimum Gasteiger partial charge on any atom is -0.481 e. The summed E-state index contributed by atoms with van der Waals surface area (Å²) in [6.45, 7) is 11.5. The van der Waals surface area contributed by atoms with Gasteiger partial charge in [0.05, 0.1) is 5.92 Å². The molecule has 112 valence electrons. The van der Waals surface area contributed by atoms with E-state index < -0.39 is 17.7 Å². The lowest BCUT2D eigenvalue weighted by atomic mass is 9.87. The molecule has 0 aliphatic carbocycles. The van der Waals surface area contributed by atoms with Gasteiger partial charge in [0.25, 0.3) is 0 Å². The first-order valence-corrected chi connectivity index (χ1v) is 6.72. The van der Waals surface area contributed by atoms with E-state index in [4.69, 9.17) is 9.84 Å². The Labute approximate surface area is 115 Å². The van der Waals surface area contributed by atoms with Crippen LogP contribution in [0.15, 0.2) is 0 Å². The standard InChI is InChI=1S/C14H27NO4/c1-9(7-10(2)11(3)12(16)17)8-15-13(18)19-14(4,5)6/h9-11H,7-8H2,1-6H3,(H,15,18)(H,16,17). The van der Waals surface area contributed by atoms with Gasteiger partial charge in [-0.15, -0.1) is 0 Å². The first kappa shape index (κ1) is 17.7. The van der Waals surface area contributed by atoms with E-state index in [1.54, 1.807) is 6.92 Å². The molecule has 0 aromatic rings. The molecule has 2 N–H and O–H groups in total. The normalized spacial score (nSPS) is 16.3. The molecule has 3 unspecified atom stereocenters. The van der Waals surface area contributed by atoms with Gasteiger partial charge in [-0.25, -0.2) is 4.79 Å². The number of carboxylic acids is 1. The third-order valence-electron chi connectivity index (χ3n) is 3.01. The molecule has 0 aromatic carbocycles. The van der Waals surface area contributed by atoms with Gasteiger partial charge < -0.3 is 15.2 Å². The second kappa shape index (κ2) is 7.36. The number of rotatable bonds is 6. The molecule has 0 aromatic heterocycles. The highest BCUT2D eigenvalue weighted by Gasteiger charge is 2.22. The Morgan fingerprint density at radius 1 is 1.21 bits per heavy atom. The molecular weight excluding hydrogens is 246 g/mol. The third-order valence-corrected chi connectivity index (χ3v) is 3.01. The molecule has 5 heteroatoms. The van der Waals surface area contributed by atoms with Crippen molar-refractivity contribution in [1.82, 2.24) is 5.32 Å². The quantitative estimate of drug-likeness (QED) is 0.780. The van der Waals surface area contributed by atoms with Crippen LogP contribution in [0.4, 0.5) is 4.79 Å².